The monoisotopic (exact) mass is 403 g/mol. The van der Waals surface area contributed by atoms with Gasteiger partial charge in [0.1, 0.15) is 11.1 Å². The molecule has 1 saturated heterocycles. The van der Waals surface area contributed by atoms with Crippen molar-refractivity contribution < 1.29 is 24.3 Å². The van der Waals surface area contributed by atoms with Gasteiger partial charge in [0, 0.05) is 32.0 Å². The van der Waals surface area contributed by atoms with Crippen LogP contribution in [0.5, 0.6) is 0 Å². The van der Waals surface area contributed by atoms with E-state index in [9.17, 15) is 9.59 Å². The van der Waals surface area contributed by atoms with Crippen LogP contribution in [0, 0.1) is 0 Å². The Morgan fingerprint density at radius 1 is 1.24 bits per heavy atom. The lowest BCUT2D eigenvalue weighted by atomic mass is 9.89. The highest BCUT2D eigenvalue weighted by atomic mass is 16.6. The molecule has 0 spiro atoms. The molecule has 0 atom stereocenters. The van der Waals surface area contributed by atoms with Gasteiger partial charge in [-0.2, -0.15) is 0 Å². The molecule has 1 saturated carbocycles. The fraction of sp³-hybridized carbons (Fsp3) is 0.571. The Bertz CT molecular complexity index is 735. The van der Waals surface area contributed by atoms with Gasteiger partial charge < -0.3 is 9.47 Å². The molecule has 0 radical (unpaired) electrons. The standard InChI is InChI=1S/C21H29N3O5/c1-20(8-2-3-9-20)29-19(26)21(10-12-28-13-11-21)23-15-16-4-5-17(22-14-16)6-7-18(25)24-27/h4-7,14,23,27H,2-3,8-13,15H2,1H3,(H,24,25)/b7-6+. The van der Waals surface area contributed by atoms with Crippen LogP contribution in [0.15, 0.2) is 24.4 Å². The van der Waals surface area contributed by atoms with E-state index in [0.717, 1.165) is 31.2 Å². The van der Waals surface area contributed by atoms with E-state index in [1.54, 1.807) is 12.3 Å². The lowest BCUT2D eigenvalue weighted by Crippen LogP contribution is -2.57. The van der Waals surface area contributed by atoms with Crippen molar-refractivity contribution >= 4 is 18.0 Å². The molecule has 1 aliphatic carbocycles. The summed E-state index contributed by atoms with van der Waals surface area (Å²) in [5.41, 5.74) is 1.93. The van der Waals surface area contributed by atoms with Crippen molar-refractivity contribution in [3.05, 3.63) is 35.7 Å². The number of esters is 1. The van der Waals surface area contributed by atoms with Crippen LogP contribution >= 0.6 is 0 Å². The topological polar surface area (TPSA) is 110 Å². The summed E-state index contributed by atoms with van der Waals surface area (Å²) in [5, 5.41) is 11.9. The van der Waals surface area contributed by atoms with Gasteiger partial charge in [0.05, 0.1) is 5.69 Å². The van der Waals surface area contributed by atoms with Crippen molar-refractivity contribution in [2.75, 3.05) is 13.2 Å². The molecule has 2 heterocycles. The molecule has 2 aliphatic rings. The quantitative estimate of drug-likeness (QED) is 0.277. The minimum atomic E-state index is -0.748. The van der Waals surface area contributed by atoms with Crippen LogP contribution in [0.25, 0.3) is 6.08 Å². The number of carbonyl (C=O) groups excluding carboxylic acids is 2. The highest BCUT2D eigenvalue weighted by Gasteiger charge is 2.44. The van der Waals surface area contributed by atoms with Gasteiger partial charge >= 0.3 is 5.97 Å². The van der Waals surface area contributed by atoms with E-state index in [2.05, 4.69) is 10.3 Å². The molecule has 8 heteroatoms. The zero-order valence-corrected chi connectivity index (χ0v) is 16.8. The lowest BCUT2D eigenvalue weighted by Gasteiger charge is -2.38. The highest BCUT2D eigenvalue weighted by Crippen LogP contribution is 2.35. The Labute approximate surface area is 170 Å². The van der Waals surface area contributed by atoms with Crippen LogP contribution in [-0.2, 0) is 25.6 Å². The van der Waals surface area contributed by atoms with E-state index >= 15 is 0 Å². The number of nitrogens with one attached hydrogen (secondary N) is 2. The molecule has 1 amide bonds. The Hall–Kier alpha value is -2.29. The molecule has 0 aromatic carbocycles. The molecule has 158 valence electrons. The number of hydroxylamine groups is 1. The van der Waals surface area contributed by atoms with Crippen molar-refractivity contribution in [2.45, 2.75) is 63.1 Å². The summed E-state index contributed by atoms with van der Waals surface area (Å²) in [6, 6.07) is 3.65. The molecule has 0 unspecified atom stereocenters. The molecule has 1 aromatic heterocycles. The van der Waals surface area contributed by atoms with Crippen molar-refractivity contribution in [1.29, 1.82) is 0 Å². The molecule has 8 nitrogen and oxygen atoms in total. The van der Waals surface area contributed by atoms with Crippen LogP contribution in [0.1, 0.15) is 56.7 Å². The smallest absolute Gasteiger partial charge is 0.327 e. The van der Waals surface area contributed by atoms with Crippen molar-refractivity contribution in [1.82, 2.24) is 15.8 Å². The van der Waals surface area contributed by atoms with Crippen molar-refractivity contribution in [3.8, 4) is 0 Å². The Morgan fingerprint density at radius 2 is 1.97 bits per heavy atom. The van der Waals surface area contributed by atoms with Gasteiger partial charge in [0.15, 0.2) is 0 Å². The number of ether oxygens (including phenoxy) is 2. The van der Waals surface area contributed by atoms with Crippen LogP contribution < -0.4 is 10.8 Å². The number of aromatic nitrogens is 1. The van der Waals surface area contributed by atoms with Gasteiger partial charge in [-0.15, -0.1) is 0 Å². The Kier molecular flexibility index (Phi) is 7.00. The minimum absolute atomic E-state index is 0.187. The Balaban J connectivity index is 1.63. The maximum Gasteiger partial charge on any atom is 0.327 e. The average Bonchev–Trinajstić information content (AvgIpc) is 3.17. The second-order valence-electron chi connectivity index (χ2n) is 8.00. The number of hydrogen-bond donors (Lipinski definition) is 3. The second kappa shape index (κ2) is 9.47. The third kappa shape index (κ3) is 5.62. The first-order valence-corrected chi connectivity index (χ1v) is 10.1. The molecule has 1 aromatic rings. The predicted molar refractivity (Wildman–Crippen MR) is 106 cm³/mol. The lowest BCUT2D eigenvalue weighted by molar-refractivity contribution is -0.170. The molecule has 29 heavy (non-hydrogen) atoms. The summed E-state index contributed by atoms with van der Waals surface area (Å²) in [4.78, 5) is 28.4. The fourth-order valence-corrected chi connectivity index (χ4v) is 3.83. The van der Waals surface area contributed by atoms with E-state index in [4.69, 9.17) is 14.7 Å². The third-order valence-corrected chi connectivity index (χ3v) is 5.73. The van der Waals surface area contributed by atoms with E-state index in [1.165, 1.54) is 17.6 Å². The zero-order valence-electron chi connectivity index (χ0n) is 16.8. The van der Waals surface area contributed by atoms with Crippen LogP contribution in [0.2, 0.25) is 0 Å². The normalized spacial score (nSPS) is 20.5. The van der Waals surface area contributed by atoms with E-state index in [1.807, 2.05) is 13.0 Å². The average molecular weight is 403 g/mol. The summed E-state index contributed by atoms with van der Waals surface area (Å²) >= 11 is 0. The number of hydrogen-bond acceptors (Lipinski definition) is 7. The van der Waals surface area contributed by atoms with Crippen LogP contribution in [-0.4, -0.2) is 46.4 Å². The zero-order chi connectivity index (χ0) is 20.7. The van der Waals surface area contributed by atoms with Gasteiger partial charge in [0.2, 0.25) is 0 Å². The molecule has 2 fully saturated rings. The summed E-state index contributed by atoms with van der Waals surface area (Å²) in [7, 11) is 0. The number of rotatable bonds is 7. The number of nitrogens with zero attached hydrogens (tertiary/aromatic N) is 1. The molecule has 1 aliphatic heterocycles. The number of carbonyl (C=O) groups is 2. The summed E-state index contributed by atoms with van der Waals surface area (Å²) in [6.07, 6.45) is 9.56. The van der Waals surface area contributed by atoms with Gasteiger partial charge in [-0.25, -0.2) is 5.48 Å². The molecular formula is C21H29N3O5. The Morgan fingerprint density at radius 3 is 2.59 bits per heavy atom. The highest BCUT2D eigenvalue weighted by molar-refractivity contribution is 5.90. The minimum Gasteiger partial charge on any atom is -0.458 e. The first kappa shape index (κ1) is 21.4. The van der Waals surface area contributed by atoms with Gasteiger partial charge in [0.25, 0.3) is 5.91 Å². The second-order valence-corrected chi connectivity index (χ2v) is 8.00. The SMILES string of the molecule is CC1(OC(=O)C2(NCc3ccc(/C=C/C(=O)NO)nc3)CCOCC2)CCCC1. The maximum atomic E-state index is 13.1. The fourth-order valence-electron chi connectivity index (χ4n) is 3.83. The van der Waals surface area contributed by atoms with Crippen molar-refractivity contribution in [3.63, 3.8) is 0 Å². The van der Waals surface area contributed by atoms with Gasteiger partial charge in [-0.1, -0.05) is 6.07 Å². The summed E-state index contributed by atoms with van der Waals surface area (Å²) in [6.45, 7) is 3.54. The first-order chi connectivity index (χ1) is 13.9. The van der Waals surface area contributed by atoms with Crippen LogP contribution in [0.4, 0.5) is 0 Å². The van der Waals surface area contributed by atoms with Gasteiger partial charge in [-0.3, -0.25) is 25.1 Å². The summed E-state index contributed by atoms with van der Waals surface area (Å²) in [5.74, 6) is -0.804. The molecule has 0 bridgehead atoms. The van der Waals surface area contributed by atoms with E-state index in [-0.39, 0.29) is 11.6 Å². The third-order valence-electron chi connectivity index (χ3n) is 5.73. The van der Waals surface area contributed by atoms with E-state index in [0.29, 0.717) is 38.3 Å². The van der Waals surface area contributed by atoms with E-state index < -0.39 is 11.4 Å². The number of amides is 1. The van der Waals surface area contributed by atoms with Crippen molar-refractivity contribution in [2.24, 2.45) is 0 Å². The molecule has 3 N–H and O–H groups in total. The van der Waals surface area contributed by atoms with Crippen LogP contribution in [0.3, 0.4) is 0 Å². The predicted octanol–water partition coefficient (Wildman–Crippen LogP) is 2.11. The first-order valence-electron chi connectivity index (χ1n) is 10.1. The largest absolute Gasteiger partial charge is 0.458 e. The summed E-state index contributed by atoms with van der Waals surface area (Å²) < 4.78 is 11.4. The molecular weight excluding hydrogens is 374 g/mol. The van der Waals surface area contributed by atoms with Gasteiger partial charge in [-0.05, 0) is 63.2 Å². The number of pyridine rings is 1. The maximum absolute atomic E-state index is 13.1. The molecule has 3 rings (SSSR count).